The second-order valence-electron chi connectivity index (χ2n) is 3.39. The summed E-state index contributed by atoms with van der Waals surface area (Å²) in [5, 5.41) is 2.41. The van der Waals surface area contributed by atoms with Gasteiger partial charge in [0.05, 0.1) is 0 Å². The molecule has 0 bridgehead atoms. The number of nitrogens with two attached hydrogens (primary N) is 1. The van der Waals surface area contributed by atoms with Gasteiger partial charge in [0.15, 0.2) is 0 Å². The van der Waals surface area contributed by atoms with Crippen LogP contribution in [0.3, 0.4) is 0 Å². The Morgan fingerprint density at radius 2 is 2.08 bits per heavy atom. The van der Waals surface area contributed by atoms with Crippen LogP contribution in [0.25, 0.3) is 0 Å². The van der Waals surface area contributed by atoms with Crippen LogP contribution in [-0.2, 0) is 15.6 Å². The van der Waals surface area contributed by atoms with Crippen molar-refractivity contribution in [2.45, 2.75) is 19.4 Å². The first kappa shape index (κ1) is 11.6. The van der Waals surface area contributed by atoms with Crippen molar-refractivity contribution in [3.05, 3.63) is 0 Å². The van der Waals surface area contributed by atoms with Crippen LogP contribution in [-0.4, -0.2) is 34.2 Å². The van der Waals surface area contributed by atoms with E-state index in [9.17, 15) is 9.00 Å². The summed E-state index contributed by atoms with van der Waals surface area (Å²) in [4.78, 5) is 10.8. The van der Waals surface area contributed by atoms with Gasteiger partial charge in [-0.2, -0.15) is 0 Å². The summed E-state index contributed by atoms with van der Waals surface area (Å²) < 4.78 is 11.2. The molecular formula is C7H16N2O2S. The lowest BCUT2D eigenvalue weighted by molar-refractivity contribution is -0.118. The quantitative estimate of drug-likeness (QED) is 0.613. The van der Waals surface area contributed by atoms with E-state index in [2.05, 4.69) is 5.32 Å². The average molecular weight is 192 g/mol. The molecule has 4 nitrogen and oxygen atoms in total. The largest absolute Gasteiger partial charge is 0.358 e. The van der Waals surface area contributed by atoms with Gasteiger partial charge in [-0.15, -0.1) is 0 Å². The van der Waals surface area contributed by atoms with Crippen LogP contribution in [0.2, 0.25) is 0 Å². The minimum absolute atomic E-state index is 0.0388. The fourth-order valence-electron chi connectivity index (χ4n) is 0.684. The summed E-state index contributed by atoms with van der Waals surface area (Å²) in [6.07, 6.45) is 0. The Hall–Kier alpha value is -0.420. The molecule has 5 heteroatoms. The van der Waals surface area contributed by atoms with Crippen LogP contribution < -0.4 is 11.1 Å². The van der Waals surface area contributed by atoms with E-state index < -0.39 is 16.3 Å². The van der Waals surface area contributed by atoms with Crippen molar-refractivity contribution in [2.24, 2.45) is 5.73 Å². The maximum atomic E-state index is 11.2. The van der Waals surface area contributed by atoms with E-state index in [1.165, 1.54) is 7.05 Å². The van der Waals surface area contributed by atoms with E-state index in [-0.39, 0.29) is 11.7 Å². The van der Waals surface area contributed by atoms with E-state index in [0.717, 1.165) is 0 Å². The van der Waals surface area contributed by atoms with Crippen molar-refractivity contribution in [3.8, 4) is 0 Å². The molecule has 0 saturated heterocycles. The van der Waals surface area contributed by atoms with E-state index in [0.29, 0.717) is 5.75 Å². The van der Waals surface area contributed by atoms with E-state index in [1.807, 2.05) is 0 Å². The molecule has 0 aliphatic heterocycles. The number of amides is 1. The Balaban J connectivity index is 3.83. The molecule has 3 N–H and O–H groups in total. The number of hydrogen-bond acceptors (Lipinski definition) is 3. The Bertz CT molecular complexity index is 186. The molecule has 0 rings (SSSR count). The summed E-state index contributed by atoms with van der Waals surface area (Å²) in [5.74, 6) is 0.176. The van der Waals surface area contributed by atoms with Crippen molar-refractivity contribution in [2.75, 3.05) is 18.6 Å². The van der Waals surface area contributed by atoms with Crippen molar-refractivity contribution in [3.63, 3.8) is 0 Å². The molecule has 0 saturated carbocycles. The van der Waals surface area contributed by atoms with Crippen LogP contribution in [0.5, 0.6) is 0 Å². The second-order valence-corrected chi connectivity index (χ2v) is 4.85. The van der Waals surface area contributed by atoms with Crippen molar-refractivity contribution in [1.29, 1.82) is 0 Å². The molecule has 0 heterocycles. The summed E-state index contributed by atoms with van der Waals surface area (Å²) >= 11 is 0. The predicted molar refractivity (Wildman–Crippen MR) is 50.2 cm³/mol. The summed E-state index contributed by atoms with van der Waals surface area (Å²) in [7, 11) is 0.364. The predicted octanol–water partition coefficient (Wildman–Crippen LogP) is -0.782. The first-order valence-electron chi connectivity index (χ1n) is 3.69. The highest BCUT2D eigenvalue weighted by Gasteiger charge is 2.16. The molecule has 0 aromatic rings. The van der Waals surface area contributed by atoms with E-state index in [1.54, 1.807) is 13.8 Å². The van der Waals surface area contributed by atoms with Crippen molar-refractivity contribution in [1.82, 2.24) is 5.32 Å². The normalized spacial score (nSPS) is 14.0. The standard InChI is InChI=1S/C7H16N2O2S/c1-7(2,8)5-12(11)4-6(10)9-3/h4-5,8H2,1-3H3,(H,9,10). The Morgan fingerprint density at radius 1 is 1.58 bits per heavy atom. The van der Waals surface area contributed by atoms with Gasteiger partial charge >= 0.3 is 0 Å². The summed E-state index contributed by atoms with van der Waals surface area (Å²) in [5.41, 5.74) is 5.16. The number of carbonyl (C=O) groups excluding carboxylic acids is 1. The first-order chi connectivity index (χ1) is 5.35. The van der Waals surface area contributed by atoms with Crippen LogP contribution in [0, 0.1) is 0 Å². The van der Waals surface area contributed by atoms with Gasteiger partial charge in [-0.25, -0.2) is 0 Å². The zero-order valence-corrected chi connectivity index (χ0v) is 8.53. The topological polar surface area (TPSA) is 72.2 Å². The van der Waals surface area contributed by atoms with Crippen LogP contribution >= 0.6 is 0 Å². The average Bonchev–Trinajstić information content (AvgIpc) is 1.82. The van der Waals surface area contributed by atoms with Crippen LogP contribution in [0.1, 0.15) is 13.8 Å². The van der Waals surface area contributed by atoms with Crippen molar-refractivity contribution >= 4 is 16.7 Å². The highest BCUT2D eigenvalue weighted by molar-refractivity contribution is 7.85. The van der Waals surface area contributed by atoms with Gasteiger partial charge in [0.1, 0.15) is 5.75 Å². The fraction of sp³-hybridized carbons (Fsp3) is 0.857. The minimum Gasteiger partial charge on any atom is -0.358 e. The van der Waals surface area contributed by atoms with Crippen molar-refractivity contribution < 1.29 is 9.00 Å². The lowest BCUT2D eigenvalue weighted by Crippen LogP contribution is -2.40. The highest BCUT2D eigenvalue weighted by Crippen LogP contribution is 1.99. The molecule has 0 aliphatic carbocycles. The van der Waals surface area contributed by atoms with E-state index in [4.69, 9.17) is 5.73 Å². The SMILES string of the molecule is CNC(=O)CS(=O)CC(C)(C)N. The van der Waals surface area contributed by atoms with Gasteiger partial charge in [0, 0.05) is 29.1 Å². The molecule has 1 amide bonds. The zero-order chi connectivity index (χ0) is 9.78. The molecule has 1 atom stereocenters. The van der Waals surface area contributed by atoms with E-state index >= 15 is 0 Å². The van der Waals surface area contributed by atoms with Gasteiger partial charge in [0.25, 0.3) is 0 Å². The number of rotatable bonds is 4. The van der Waals surface area contributed by atoms with Crippen LogP contribution in [0.4, 0.5) is 0 Å². The van der Waals surface area contributed by atoms with Gasteiger partial charge in [-0.3, -0.25) is 9.00 Å². The minimum atomic E-state index is -1.16. The fourth-order valence-corrected chi connectivity index (χ4v) is 2.05. The number of carbonyl (C=O) groups is 1. The summed E-state index contributed by atoms with van der Waals surface area (Å²) in [6, 6.07) is 0. The molecule has 0 aliphatic rings. The second kappa shape index (κ2) is 4.57. The lowest BCUT2D eigenvalue weighted by Gasteiger charge is -2.16. The molecule has 0 aromatic heterocycles. The molecule has 0 fully saturated rings. The van der Waals surface area contributed by atoms with Gasteiger partial charge in [-0.05, 0) is 13.8 Å². The molecule has 72 valence electrons. The molecular weight excluding hydrogens is 176 g/mol. The Morgan fingerprint density at radius 3 is 2.42 bits per heavy atom. The maximum absolute atomic E-state index is 11.2. The molecule has 1 unspecified atom stereocenters. The van der Waals surface area contributed by atoms with Crippen LogP contribution in [0.15, 0.2) is 0 Å². The van der Waals surface area contributed by atoms with Gasteiger partial charge in [-0.1, -0.05) is 0 Å². The maximum Gasteiger partial charge on any atom is 0.232 e. The first-order valence-corrected chi connectivity index (χ1v) is 5.18. The summed E-state index contributed by atoms with van der Waals surface area (Å²) in [6.45, 7) is 3.57. The molecule has 0 aromatic carbocycles. The monoisotopic (exact) mass is 192 g/mol. The van der Waals surface area contributed by atoms with Gasteiger partial charge < -0.3 is 11.1 Å². The third-order valence-electron chi connectivity index (χ3n) is 1.10. The number of nitrogens with one attached hydrogen (secondary N) is 1. The Labute approximate surface area is 75.4 Å². The smallest absolute Gasteiger partial charge is 0.232 e. The molecule has 0 spiro atoms. The van der Waals surface area contributed by atoms with Gasteiger partial charge in [0.2, 0.25) is 5.91 Å². The molecule has 12 heavy (non-hydrogen) atoms. The number of hydrogen-bond donors (Lipinski definition) is 2. The zero-order valence-electron chi connectivity index (χ0n) is 7.72. The Kier molecular flexibility index (Phi) is 4.41. The third kappa shape index (κ3) is 6.30. The lowest BCUT2D eigenvalue weighted by atomic mass is 10.1. The third-order valence-corrected chi connectivity index (χ3v) is 2.75. The highest BCUT2D eigenvalue weighted by atomic mass is 32.2. The molecule has 0 radical (unpaired) electrons.